The monoisotopic (exact) mass is 579 g/mol. The first kappa shape index (κ1) is 28.4. The van der Waals surface area contributed by atoms with E-state index in [1.54, 1.807) is 24.3 Å². The number of amides is 1. The van der Waals surface area contributed by atoms with Crippen molar-refractivity contribution >= 4 is 17.6 Å². The zero-order chi connectivity index (χ0) is 30.5. The largest absolute Gasteiger partial charge is 0.453 e. The summed E-state index contributed by atoms with van der Waals surface area (Å²) < 4.78 is 11.7. The lowest BCUT2D eigenvalue weighted by Crippen LogP contribution is -2.28. The molecule has 0 aliphatic heterocycles. The van der Waals surface area contributed by atoms with E-state index in [1.807, 2.05) is 91.9 Å². The highest BCUT2D eigenvalue weighted by molar-refractivity contribution is 6.06. The van der Waals surface area contributed by atoms with E-state index in [1.165, 1.54) is 0 Å². The van der Waals surface area contributed by atoms with Crippen molar-refractivity contribution in [3.8, 4) is 22.9 Å². The minimum absolute atomic E-state index is 0.124. The highest BCUT2D eigenvalue weighted by atomic mass is 16.5. The zero-order valence-electron chi connectivity index (χ0n) is 24.1. The fraction of sp³-hybridized carbons (Fsp3) is 0.135. The molecule has 216 valence electrons. The van der Waals surface area contributed by atoms with E-state index in [2.05, 4.69) is 16.6 Å². The molecule has 0 radical (unpaired) electrons. The molecule has 7 heteroatoms. The number of fused-ring (bicyclic) bond motifs is 1. The number of hydrogen-bond donors (Lipinski definition) is 1. The van der Waals surface area contributed by atoms with E-state index in [-0.39, 0.29) is 11.7 Å². The summed E-state index contributed by atoms with van der Waals surface area (Å²) >= 11 is 0. The second-order valence-corrected chi connectivity index (χ2v) is 10.6. The summed E-state index contributed by atoms with van der Waals surface area (Å²) in [6, 6.07) is 35.8. The number of nitrogens with zero attached hydrogens (tertiary/aromatic N) is 2. The lowest BCUT2D eigenvalue weighted by atomic mass is 9.91. The van der Waals surface area contributed by atoms with Crippen molar-refractivity contribution in [2.75, 3.05) is 0 Å². The summed E-state index contributed by atoms with van der Waals surface area (Å²) in [6.45, 7) is 1.81. The zero-order valence-corrected chi connectivity index (χ0v) is 24.1. The van der Waals surface area contributed by atoms with E-state index in [0.717, 1.165) is 34.2 Å². The molecule has 44 heavy (non-hydrogen) atoms. The molecule has 0 unspecified atom stereocenters. The summed E-state index contributed by atoms with van der Waals surface area (Å²) in [5.74, 6) is -0.197. The molecule has 1 N–H and O–H groups in total. The van der Waals surface area contributed by atoms with Crippen LogP contribution in [0.25, 0.3) is 11.1 Å². The Labute approximate surface area is 255 Å². The first-order valence-electron chi connectivity index (χ1n) is 14.4. The van der Waals surface area contributed by atoms with Crippen molar-refractivity contribution in [1.29, 1.82) is 5.26 Å². The third-order valence-electron chi connectivity index (χ3n) is 7.75. The molecule has 1 aromatic heterocycles. The molecule has 6 rings (SSSR count). The van der Waals surface area contributed by atoms with E-state index in [9.17, 15) is 9.59 Å². The number of furan rings is 1. The smallest absolute Gasteiger partial charge is 0.379 e. The van der Waals surface area contributed by atoms with Crippen molar-refractivity contribution in [1.82, 2.24) is 5.43 Å². The Morgan fingerprint density at radius 2 is 1.43 bits per heavy atom. The van der Waals surface area contributed by atoms with Gasteiger partial charge in [0.2, 0.25) is 5.76 Å². The standard InChI is InChI=1S/C37H29N3O4/c1-24-33-31(39-40-36(41)34(28-9-4-2-5-10-28)29-11-6-3-7-12-29)13-8-14-32(33)44-35(24)37(42)43-30-21-19-27(20-22-30)26-17-15-25(23-38)16-18-26/h2-7,9-12,15-22,34H,8,13-14H2,1H3,(H,40,41)/b39-31+. The molecular weight excluding hydrogens is 550 g/mol. The van der Waals surface area contributed by atoms with Gasteiger partial charge in [-0.1, -0.05) is 84.9 Å². The van der Waals surface area contributed by atoms with Gasteiger partial charge in [0.1, 0.15) is 11.5 Å². The number of carbonyl (C=O) groups excluding carboxylic acids is 2. The van der Waals surface area contributed by atoms with E-state index >= 15 is 0 Å². The Kier molecular flexibility index (Phi) is 8.15. The molecule has 0 atom stereocenters. The van der Waals surface area contributed by atoms with Gasteiger partial charge in [-0.15, -0.1) is 0 Å². The van der Waals surface area contributed by atoms with Crippen molar-refractivity contribution < 1.29 is 18.7 Å². The van der Waals surface area contributed by atoms with Crippen LogP contribution in [0.5, 0.6) is 5.75 Å². The predicted molar refractivity (Wildman–Crippen MR) is 167 cm³/mol. The van der Waals surface area contributed by atoms with Gasteiger partial charge in [-0.3, -0.25) is 4.79 Å². The molecule has 4 aromatic carbocycles. The molecule has 0 saturated carbocycles. The molecule has 0 saturated heterocycles. The Bertz CT molecular complexity index is 1830. The van der Waals surface area contributed by atoms with Crippen molar-refractivity contribution in [3.05, 3.63) is 149 Å². The van der Waals surface area contributed by atoms with Crippen molar-refractivity contribution in [3.63, 3.8) is 0 Å². The Balaban J connectivity index is 1.20. The van der Waals surface area contributed by atoms with Crippen LogP contribution in [0, 0.1) is 18.3 Å². The van der Waals surface area contributed by atoms with Crippen molar-refractivity contribution in [2.45, 2.75) is 32.1 Å². The number of nitrogens with one attached hydrogen (secondary N) is 1. The third-order valence-corrected chi connectivity index (χ3v) is 7.75. The SMILES string of the molecule is Cc1c(C(=O)Oc2ccc(-c3ccc(C#N)cc3)cc2)oc2c1/C(=N/NC(=O)C(c1ccccc1)c1ccccc1)CCC2. The Hall–Kier alpha value is -5.74. The molecule has 0 fully saturated rings. The summed E-state index contributed by atoms with van der Waals surface area (Å²) in [7, 11) is 0. The van der Waals surface area contributed by atoms with Gasteiger partial charge in [0.25, 0.3) is 5.91 Å². The van der Waals surface area contributed by atoms with Crippen LogP contribution in [-0.4, -0.2) is 17.6 Å². The molecule has 7 nitrogen and oxygen atoms in total. The van der Waals surface area contributed by atoms with Gasteiger partial charge in [-0.05, 0) is 66.3 Å². The van der Waals surface area contributed by atoms with Crippen LogP contribution in [0.1, 0.15) is 62.9 Å². The number of esters is 1. The number of nitriles is 1. The third kappa shape index (κ3) is 5.92. The van der Waals surface area contributed by atoms with E-state index < -0.39 is 11.9 Å². The first-order valence-corrected chi connectivity index (χ1v) is 14.4. The van der Waals surface area contributed by atoms with Gasteiger partial charge in [-0.25, -0.2) is 10.2 Å². The summed E-state index contributed by atoms with van der Waals surface area (Å²) in [6.07, 6.45) is 2.08. The molecular formula is C37H29N3O4. The molecule has 1 heterocycles. The number of carbonyl (C=O) groups is 2. The maximum Gasteiger partial charge on any atom is 0.379 e. The number of hydrazone groups is 1. The minimum atomic E-state index is -0.598. The van der Waals surface area contributed by atoms with Crippen LogP contribution in [0.2, 0.25) is 0 Å². The average molecular weight is 580 g/mol. The molecule has 1 amide bonds. The Morgan fingerprint density at radius 1 is 0.841 bits per heavy atom. The summed E-state index contributed by atoms with van der Waals surface area (Å²) in [4.78, 5) is 26.7. The molecule has 1 aliphatic rings. The minimum Gasteiger partial charge on any atom is -0.453 e. The maximum atomic E-state index is 13.5. The van der Waals surface area contributed by atoms with Gasteiger partial charge in [0, 0.05) is 17.5 Å². The van der Waals surface area contributed by atoms with Gasteiger partial charge in [0.05, 0.1) is 23.3 Å². The van der Waals surface area contributed by atoms with Gasteiger partial charge < -0.3 is 9.15 Å². The van der Waals surface area contributed by atoms with Crippen LogP contribution in [-0.2, 0) is 11.2 Å². The van der Waals surface area contributed by atoms with Crippen LogP contribution in [0.4, 0.5) is 0 Å². The second-order valence-electron chi connectivity index (χ2n) is 10.6. The lowest BCUT2D eigenvalue weighted by Gasteiger charge is -2.18. The quantitative estimate of drug-likeness (QED) is 0.123. The number of hydrogen-bond acceptors (Lipinski definition) is 6. The lowest BCUT2D eigenvalue weighted by molar-refractivity contribution is -0.121. The van der Waals surface area contributed by atoms with Gasteiger partial charge in [-0.2, -0.15) is 10.4 Å². The normalized spacial score (nSPS) is 13.2. The van der Waals surface area contributed by atoms with Crippen LogP contribution in [0.15, 0.2) is 119 Å². The van der Waals surface area contributed by atoms with Crippen LogP contribution < -0.4 is 10.2 Å². The highest BCUT2D eigenvalue weighted by Gasteiger charge is 2.30. The van der Waals surface area contributed by atoms with E-state index in [4.69, 9.17) is 14.4 Å². The number of rotatable bonds is 7. The average Bonchev–Trinajstić information content (AvgIpc) is 3.42. The molecule has 0 bridgehead atoms. The fourth-order valence-electron chi connectivity index (χ4n) is 5.55. The topological polar surface area (TPSA) is 105 Å². The molecule has 1 aliphatic carbocycles. The second kappa shape index (κ2) is 12.6. The summed E-state index contributed by atoms with van der Waals surface area (Å²) in [5, 5.41) is 13.6. The molecule has 0 spiro atoms. The van der Waals surface area contributed by atoms with Gasteiger partial charge >= 0.3 is 5.97 Å². The maximum absolute atomic E-state index is 13.5. The van der Waals surface area contributed by atoms with Crippen molar-refractivity contribution in [2.24, 2.45) is 5.10 Å². The number of benzene rings is 4. The van der Waals surface area contributed by atoms with Crippen LogP contribution in [0.3, 0.4) is 0 Å². The summed E-state index contributed by atoms with van der Waals surface area (Å²) in [5.41, 5.74) is 9.07. The molecule has 5 aromatic rings. The first-order chi connectivity index (χ1) is 21.5. The van der Waals surface area contributed by atoms with E-state index in [0.29, 0.717) is 41.2 Å². The van der Waals surface area contributed by atoms with Crippen LogP contribution >= 0.6 is 0 Å². The number of aryl methyl sites for hydroxylation is 1. The number of ether oxygens (including phenoxy) is 1. The highest BCUT2D eigenvalue weighted by Crippen LogP contribution is 2.31. The van der Waals surface area contributed by atoms with Gasteiger partial charge in [0.15, 0.2) is 0 Å². The fourth-order valence-corrected chi connectivity index (χ4v) is 5.55. The predicted octanol–water partition coefficient (Wildman–Crippen LogP) is 7.33. The Morgan fingerprint density at radius 3 is 2.02 bits per heavy atom.